The number of aromatic nitrogens is 1. The van der Waals surface area contributed by atoms with Gasteiger partial charge in [0.05, 0.1) is 5.69 Å². The average molecular weight is 469 g/mol. The predicted molar refractivity (Wildman–Crippen MR) is 141 cm³/mol. The Hall–Kier alpha value is -3.77. The summed E-state index contributed by atoms with van der Waals surface area (Å²) in [6.45, 7) is 10.1. The smallest absolute Gasteiger partial charge is 0.152 e. The molecule has 0 atom stereocenters. The molecular formula is C29H32N4O2. The normalized spacial score (nSPS) is 14.4. The summed E-state index contributed by atoms with van der Waals surface area (Å²) >= 11 is 0. The standard InChI is InChI=1S/C29H32N4O2/c1-22-12-13-26(35-18-17-33-15-6-3-7-16-33)19-27(22)29(31-23(2)24-10-8-14-30-20-24)32-28-11-5-4-9-25(28)21-34/h4-5,8-14,19-21H,2-3,6-7,15-18H2,1H3,(H,31,32). The van der Waals surface area contributed by atoms with Gasteiger partial charge in [0.15, 0.2) is 6.29 Å². The number of pyridine rings is 1. The van der Waals surface area contributed by atoms with E-state index in [2.05, 4.69) is 21.8 Å². The van der Waals surface area contributed by atoms with E-state index in [1.165, 1.54) is 19.3 Å². The minimum absolute atomic E-state index is 0.519. The van der Waals surface area contributed by atoms with E-state index < -0.39 is 0 Å². The van der Waals surface area contributed by atoms with Crippen LogP contribution in [0.4, 0.5) is 5.69 Å². The molecule has 0 aliphatic carbocycles. The number of rotatable bonds is 9. The van der Waals surface area contributed by atoms with Gasteiger partial charge in [-0.15, -0.1) is 0 Å². The van der Waals surface area contributed by atoms with Crippen molar-refractivity contribution < 1.29 is 9.53 Å². The third kappa shape index (κ3) is 6.64. The Labute approximate surface area is 207 Å². The number of carbonyl (C=O) groups is 1. The summed E-state index contributed by atoms with van der Waals surface area (Å²) in [4.78, 5) is 23.1. The zero-order chi connectivity index (χ0) is 24.5. The summed E-state index contributed by atoms with van der Waals surface area (Å²) in [6.07, 6.45) is 8.15. The van der Waals surface area contributed by atoms with E-state index >= 15 is 0 Å². The monoisotopic (exact) mass is 468 g/mol. The molecule has 1 saturated heterocycles. The first-order chi connectivity index (χ1) is 17.1. The molecule has 2 heterocycles. The first-order valence-corrected chi connectivity index (χ1v) is 12.1. The number of aryl methyl sites for hydroxylation is 1. The van der Waals surface area contributed by atoms with Crippen molar-refractivity contribution in [2.75, 3.05) is 26.2 Å². The van der Waals surface area contributed by atoms with Gasteiger partial charge in [0.1, 0.15) is 18.2 Å². The molecule has 3 aromatic rings. The molecular weight excluding hydrogens is 436 g/mol. The summed E-state index contributed by atoms with van der Waals surface area (Å²) in [6, 6.07) is 17.1. The molecule has 1 aliphatic rings. The van der Waals surface area contributed by atoms with Gasteiger partial charge in [-0.3, -0.25) is 14.7 Å². The van der Waals surface area contributed by atoms with E-state index in [0.717, 1.165) is 48.4 Å². The van der Waals surface area contributed by atoms with E-state index in [0.29, 0.717) is 29.4 Å². The Balaban J connectivity index is 1.61. The summed E-state index contributed by atoms with van der Waals surface area (Å²) in [5.41, 5.74) is 4.53. The number of ether oxygens (including phenoxy) is 1. The van der Waals surface area contributed by atoms with Gasteiger partial charge in [0, 0.05) is 41.3 Å². The number of amidine groups is 1. The van der Waals surface area contributed by atoms with Crippen LogP contribution in [0.1, 0.15) is 46.3 Å². The van der Waals surface area contributed by atoms with Gasteiger partial charge in [0.2, 0.25) is 0 Å². The van der Waals surface area contributed by atoms with Crippen LogP contribution in [0.25, 0.3) is 5.70 Å². The lowest BCUT2D eigenvalue weighted by atomic mass is 10.1. The number of carbonyl (C=O) groups excluding carboxylic acids is 1. The highest BCUT2D eigenvalue weighted by molar-refractivity contribution is 6.06. The number of hydrogen-bond acceptors (Lipinski definition) is 5. The number of hydrogen-bond donors (Lipinski definition) is 1. The van der Waals surface area contributed by atoms with E-state index in [4.69, 9.17) is 9.73 Å². The number of benzene rings is 2. The molecule has 0 bridgehead atoms. The quantitative estimate of drug-likeness (QED) is 0.259. The summed E-state index contributed by atoms with van der Waals surface area (Å²) in [5, 5.41) is 3.36. The molecule has 6 heteroatoms. The van der Waals surface area contributed by atoms with Crippen molar-refractivity contribution in [3.05, 3.63) is 95.8 Å². The van der Waals surface area contributed by atoms with E-state index in [1.54, 1.807) is 18.5 Å². The number of piperidine rings is 1. The van der Waals surface area contributed by atoms with Crippen molar-refractivity contribution in [2.45, 2.75) is 26.2 Å². The number of nitrogens with one attached hydrogen (secondary N) is 1. The van der Waals surface area contributed by atoms with Gasteiger partial charge in [-0.25, -0.2) is 4.99 Å². The van der Waals surface area contributed by atoms with E-state index in [1.807, 2.05) is 55.5 Å². The van der Waals surface area contributed by atoms with Gasteiger partial charge in [-0.2, -0.15) is 0 Å². The molecule has 1 fully saturated rings. The second-order valence-corrected chi connectivity index (χ2v) is 8.71. The number of aldehydes is 1. The van der Waals surface area contributed by atoms with Crippen LogP contribution in [-0.4, -0.2) is 48.2 Å². The highest BCUT2D eigenvalue weighted by atomic mass is 16.5. The maximum Gasteiger partial charge on any atom is 0.152 e. The lowest BCUT2D eigenvalue weighted by Crippen LogP contribution is -2.33. The summed E-state index contributed by atoms with van der Waals surface area (Å²) in [5.74, 6) is 1.37. The van der Waals surface area contributed by atoms with Crippen LogP contribution in [0.3, 0.4) is 0 Å². The van der Waals surface area contributed by atoms with Gasteiger partial charge >= 0.3 is 0 Å². The van der Waals surface area contributed by atoms with Gasteiger partial charge < -0.3 is 10.1 Å². The minimum atomic E-state index is 0.519. The maximum absolute atomic E-state index is 11.6. The summed E-state index contributed by atoms with van der Waals surface area (Å²) in [7, 11) is 0. The Bertz CT molecular complexity index is 1180. The Morgan fingerprint density at radius 2 is 1.97 bits per heavy atom. The van der Waals surface area contributed by atoms with Crippen molar-refractivity contribution in [1.29, 1.82) is 0 Å². The van der Waals surface area contributed by atoms with Gasteiger partial charge in [0.25, 0.3) is 0 Å². The molecule has 1 N–H and O–H groups in total. The highest BCUT2D eigenvalue weighted by Crippen LogP contribution is 2.23. The maximum atomic E-state index is 11.6. The molecule has 0 unspecified atom stereocenters. The third-order valence-electron chi connectivity index (χ3n) is 6.16. The van der Waals surface area contributed by atoms with Crippen molar-refractivity contribution in [3.63, 3.8) is 0 Å². The zero-order valence-electron chi connectivity index (χ0n) is 20.2. The van der Waals surface area contributed by atoms with Crippen LogP contribution in [-0.2, 0) is 0 Å². The summed E-state index contributed by atoms with van der Waals surface area (Å²) < 4.78 is 6.13. The molecule has 1 aliphatic heterocycles. The average Bonchev–Trinajstić information content (AvgIpc) is 2.90. The largest absolute Gasteiger partial charge is 0.492 e. The zero-order valence-corrected chi connectivity index (χ0v) is 20.2. The molecule has 0 radical (unpaired) electrons. The van der Waals surface area contributed by atoms with Crippen LogP contribution in [0.15, 0.2) is 78.6 Å². The Morgan fingerprint density at radius 1 is 1.14 bits per heavy atom. The molecule has 180 valence electrons. The van der Waals surface area contributed by atoms with Crippen LogP contribution in [0, 0.1) is 6.92 Å². The van der Waals surface area contributed by atoms with Crippen molar-refractivity contribution in [3.8, 4) is 5.75 Å². The second-order valence-electron chi connectivity index (χ2n) is 8.71. The fraction of sp³-hybridized carbons (Fsp3) is 0.276. The van der Waals surface area contributed by atoms with Crippen LogP contribution in [0.2, 0.25) is 0 Å². The van der Waals surface area contributed by atoms with Crippen molar-refractivity contribution in [2.24, 2.45) is 4.99 Å². The fourth-order valence-electron chi connectivity index (χ4n) is 4.14. The lowest BCUT2D eigenvalue weighted by molar-refractivity contribution is 0.112. The first kappa shape index (κ1) is 24.4. The van der Waals surface area contributed by atoms with Crippen LogP contribution in [0.5, 0.6) is 5.75 Å². The molecule has 0 spiro atoms. The number of para-hydroxylation sites is 1. The Morgan fingerprint density at radius 3 is 2.74 bits per heavy atom. The Kier molecular flexibility index (Phi) is 8.41. The van der Waals surface area contributed by atoms with Crippen molar-refractivity contribution in [1.82, 2.24) is 15.2 Å². The number of nitrogens with zero attached hydrogens (tertiary/aromatic N) is 3. The van der Waals surface area contributed by atoms with Crippen molar-refractivity contribution >= 4 is 23.5 Å². The van der Waals surface area contributed by atoms with E-state index in [9.17, 15) is 4.79 Å². The van der Waals surface area contributed by atoms with E-state index in [-0.39, 0.29) is 0 Å². The molecule has 0 amide bonds. The van der Waals surface area contributed by atoms with Crippen LogP contribution >= 0.6 is 0 Å². The first-order valence-electron chi connectivity index (χ1n) is 12.1. The minimum Gasteiger partial charge on any atom is -0.492 e. The second kappa shape index (κ2) is 12.1. The topological polar surface area (TPSA) is 66.8 Å². The number of aliphatic imine (C=N–C) groups is 1. The lowest BCUT2D eigenvalue weighted by Gasteiger charge is -2.26. The molecule has 1 aromatic heterocycles. The van der Waals surface area contributed by atoms with Crippen LogP contribution < -0.4 is 10.1 Å². The fourth-order valence-corrected chi connectivity index (χ4v) is 4.14. The van der Waals surface area contributed by atoms with Gasteiger partial charge in [-0.1, -0.05) is 31.2 Å². The van der Waals surface area contributed by atoms with Gasteiger partial charge in [-0.05, 0) is 74.8 Å². The molecule has 0 saturated carbocycles. The predicted octanol–water partition coefficient (Wildman–Crippen LogP) is 5.41. The molecule has 35 heavy (non-hydrogen) atoms. The molecule has 2 aromatic carbocycles. The SMILES string of the molecule is C=C(NC(=Nc1ccccc1C=O)c1cc(OCCN2CCCCC2)ccc1C)c1cccnc1. The number of likely N-dealkylation sites (tertiary alicyclic amines) is 1. The molecule has 4 rings (SSSR count). The third-order valence-corrected chi connectivity index (χ3v) is 6.16. The highest BCUT2D eigenvalue weighted by Gasteiger charge is 2.14. The molecule has 6 nitrogen and oxygen atoms in total.